The Balaban J connectivity index is 2.44. The molecule has 0 aliphatic heterocycles. The molecule has 3 N–H and O–H groups in total. The lowest BCUT2D eigenvalue weighted by molar-refractivity contribution is -0.121. The highest BCUT2D eigenvalue weighted by Gasteiger charge is 2.08. The maximum atomic E-state index is 11.6. The van der Waals surface area contributed by atoms with Crippen LogP contribution in [0.25, 0.3) is 0 Å². The monoisotopic (exact) mass is 298 g/mol. The number of nitrogens with one attached hydrogen (secondary N) is 1. The molecule has 0 heterocycles. The lowest BCUT2D eigenvalue weighted by atomic mass is 10.1. The van der Waals surface area contributed by atoms with Crippen LogP contribution in [0.3, 0.4) is 0 Å². The van der Waals surface area contributed by atoms with E-state index in [0.29, 0.717) is 13.0 Å². The number of carbonyl (C=O) groups excluding carboxylic acids is 1. The Hall–Kier alpha value is -1.40. The molecule has 0 unspecified atom stereocenters. The maximum Gasteiger partial charge on any atom is 0.238 e. The molecule has 1 rings (SSSR count). The van der Waals surface area contributed by atoms with Gasteiger partial charge >= 0.3 is 0 Å². The Bertz CT molecular complexity index is 541. The minimum absolute atomic E-state index is 0.0119. The van der Waals surface area contributed by atoms with Crippen molar-refractivity contribution < 1.29 is 13.2 Å². The molecule has 0 bridgehead atoms. The molecule has 0 atom stereocenters. The third-order valence-corrected chi connectivity index (χ3v) is 3.89. The van der Waals surface area contributed by atoms with E-state index >= 15 is 0 Å². The molecule has 0 saturated heterocycles. The second-order valence-electron chi connectivity index (χ2n) is 4.78. The molecule has 1 aromatic carbocycles. The van der Waals surface area contributed by atoms with E-state index in [1.165, 1.54) is 12.1 Å². The fourth-order valence-electron chi connectivity index (χ4n) is 1.83. The van der Waals surface area contributed by atoms with E-state index in [9.17, 15) is 13.2 Å². The third-order valence-electron chi connectivity index (χ3n) is 2.97. The zero-order valence-corrected chi connectivity index (χ0v) is 12.6. The van der Waals surface area contributed by atoms with E-state index in [0.717, 1.165) is 31.2 Å². The van der Waals surface area contributed by atoms with Gasteiger partial charge in [-0.1, -0.05) is 38.3 Å². The minimum atomic E-state index is -3.70. The van der Waals surface area contributed by atoms with Crippen molar-refractivity contribution in [2.45, 2.75) is 50.5 Å². The van der Waals surface area contributed by atoms with Gasteiger partial charge in [-0.3, -0.25) is 4.79 Å². The summed E-state index contributed by atoms with van der Waals surface area (Å²) in [6, 6.07) is 6.28. The average Bonchev–Trinajstić information content (AvgIpc) is 2.41. The van der Waals surface area contributed by atoms with Crippen LogP contribution in [0.1, 0.15) is 44.6 Å². The number of hydrogen-bond donors (Lipinski definition) is 2. The highest BCUT2D eigenvalue weighted by molar-refractivity contribution is 7.89. The van der Waals surface area contributed by atoms with Gasteiger partial charge in [-0.2, -0.15) is 0 Å². The molecule has 112 valence electrons. The summed E-state index contributed by atoms with van der Waals surface area (Å²) in [6.07, 6.45) is 4.74. The van der Waals surface area contributed by atoms with Gasteiger partial charge < -0.3 is 5.32 Å². The number of primary sulfonamides is 1. The van der Waals surface area contributed by atoms with Crippen LogP contribution in [-0.2, 0) is 21.4 Å². The summed E-state index contributed by atoms with van der Waals surface area (Å²) in [5.74, 6) is -0.0119. The number of hydrogen-bond acceptors (Lipinski definition) is 3. The Labute approximate surface area is 120 Å². The maximum absolute atomic E-state index is 11.6. The van der Waals surface area contributed by atoms with E-state index in [1.54, 1.807) is 12.1 Å². The van der Waals surface area contributed by atoms with Crippen molar-refractivity contribution in [3.05, 3.63) is 29.8 Å². The van der Waals surface area contributed by atoms with Crippen LogP contribution in [0.15, 0.2) is 29.2 Å². The predicted octanol–water partition coefficient (Wildman–Crippen LogP) is 1.92. The van der Waals surface area contributed by atoms with Gasteiger partial charge in [-0.15, -0.1) is 0 Å². The molecule has 0 fully saturated rings. The highest BCUT2D eigenvalue weighted by Crippen LogP contribution is 2.09. The number of benzene rings is 1. The third kappa shape index (κ3) is 6.16. The normalized spacial score (nSPS) is 11.3. The second kappa shape index (κ2) is 8.01. The van der Waals surface area contributed by atoms with E-state index in [1.807, 2.05) is 0 Å². The second-order valence-corrected chi connectivity index (χ2v) is 6.34. The van der Waals surface area contributed by atoms with Crippen LogP contribution in [0, 0.1) is 0 Å². The molecule has 20 heavy (non-hydrogen) atoms. The lowest BCUT2D eigenvalue weighted by Gasteiger charge is -2.06. The molecule has 0 spiro atoms. The zero-order chi connectivity index (χ0) is 15.0. The molecule has 1 amide bonds. The van der Waals surface area contributed by atoms with Gasteiger partial charge in [0.1, 0.15) is 0 Å². The summed E-state index contributed by atoms with van der Waals surface area (Å²) in [6.45, 7) is 2.44. The molecular weight excluding hydrogens is 276 g/mol. The van der Waals surface area contributed by atoms with Crippen molar-refractivity contribution in [2.75, 3.05) is 0 Å². The van der Waals surface area contributed by atoms with Crippen LogP contribution in [0.5, 0.6) is 0 Å². The average molecular weight is 298 g/mol. The Morgan fingerprint density at radius 1 is 1.25 bits per heavy atom. The van der Waals surface area contributed by atoms with E-state index in [4.69, 9.17) is 5.14 Å². The summed E-state index contributed by atoms with van der Waals surface area (Å²) in [5.41, 5.74) is 0.721. The van der Waals surface area contributed by atoms with Crippen LogP contribution in [0.4, 0.5) is 0 Å². The van der Waals surface area contributed by atoms with Crippen molar-refractivity contribution >= 4 is 15.9 Å². The predicted molar refractivity (Wildman–Crippen MR) is 78.4 cm³/mol. The van der Waals surface area contributed by atoms with Crippen molar-refractivity contribution in [1.29, 1.82) is 0 Å². The molecule has 6 heteroatoms. The van der Waals surface area contributed by atoms with Gasteiger partial charge in [0.2, 0.25) is 15.9 Å². The topological polar surface area (TPSA) is 89.3 Å². The van der Waals surface area contributed by atoms with Gasteiger partial charge in [0.25, 0.3) is 0 Å². The van der Waals surface area contributed by atoms with Crippen molar-refractivity contribution in [1.82, 2.24) is 5.32 Å². The molecule has 0 aliphatic rings. The van der Waals surface area contributed by atoms with Crippen molar-refractivity contribution in [3.8, 4) is 0 Å². The SMILES string of the molecule is CCCCCCC(=O)NCc1cccc(S(N)(=O)=O)c1. The van der Waals surface area contributed by atoms with Crippen LogP contribution < -0.4 is 10.5 Å². The first-order valence-corrected chi connectivity index (χ1v) is 8.36. The van der Waals surface area contributed by atoms with Gasteiger partial charge in [-0.05, 0) is 24.1 Å². The van der Waals surface area contributed by atoms with Gasteiger partial charge in [0.15, 0.2) is 0 Å². The summed E-state index contributed by atoms with van der Waals surface area (Å²) in [4.78, 5) is 11.7. The highest BCUT2D eigenvalue weighted by atomic mass is 32.2. The lowest BCUT2D eigenvalue weighted by Crippen LogP contribution is -2.22. The summed E-state index contributed by atoms with van der Waals surface area (Å²) in [7, 11) is -3.70. The Kier molecular flexibility index (Phi) is 6.67. The summed E-state index contributed by atoms with van der Waals surface area (Å²) in [5, 5.41) is 7.84. The number of sulfonamides is 1. The molecule has 1 aromatic rings. The Morgan fingerprint density at radius 3 is 2.65 bits per heavy atom. The molecule has 0 aliphatic carbocycles. The zero-order valence-electron chi connectivity index (χ0n) is 11.8. The first-order valence-electron chi connectivity index (χ1n) is 6.82. The number of carbonyl (C=O) groups is 1. The molecule has 0 aromatic heterocycles. The first kappa shape index (κ1) is 16.7. The first-order chi connectivity index (χ1) is 9.43. The summed E-state index contributed by atoms with van der Waals surface area (Å²) >= 11 is 0. The van der Waals surface area contributed by atoms with E-state index in [2.05, 4.69) is 12.2 Å². The van der Waals surface area contributed by atoms with Crippen LogP contribution in [0.2, 0.25) is 0 Å². The molecular formula is C14H22N2O3S. The number of nitrogens with two attached hydrogens (primary N) is 1. The van der Waals surface area contributed by atoms with E-state index < -0.39 is 10.0 Å². The number of rotatable bonds is 8. The minimum Gasteiger partial charge on any atom is -0.352 e. The van der Waals surface area contributed by atoms with Gasteiger partial charge in [-0.25, -0.2) is 13.6 Å². The molecule has 5 nitrogen and oxygen atoms in total. The van der Waals surface area contributed by atoms with Crippen molar-refractivity contribution in [3.63, 3.8) is 0 Å². The van der Waals surface area contributed by atoms with Gasteiger partial charge in [0, 0.05) is 13.0 Å². The fourth-order valence-corrected chi connectivity index (χ4v) is 2.42. The fraction of sp³-hybridized carbons (Fsp3) is 0.500. The van der Waals surface area contributed by atoms with Crippen molar-refractivity contribution in [2.24, 2.45) is 5.14 Å². The smallest absolute Gasteiger partial charge is 0.238 e. The number of unbranched alkanes of at least 4 members (excludes halogenated alkanes) is 3. The largest absolute Gasteiger partial charge is 0.352 e. The summed E-state index contributed by atoms with van der Waals surface area (Å²) < 4.78 is 22.4. The van der Waals surface area contributed by atoms with Gasteiger partial charge in [0.05, 0.1) is 4.90 Å². The molecule has 0 radical (unpaired) electrons. The number of amides is 1. The quantitative estimate of drug-likeness (QED) is 0.718. The van der Waals surface area contributed by atoms with Crippen LogP contribution in [-0.4, -0.2) is 14.3 Å². The standard InChI is InChI=1S/C14H22N2O3S/c1-2-3-4-5-9-14(17)16-11-12-7-6-8-13(10-12)20(15,18)19/h6-8,10H,2-5,9,11H2,1H3,(H,16,17)(H2,15,18,19). The molecule has 0 saturated carbocycles. The van der Waals surface area contributed by atoms with Crippen LogP contribution >= 0.6 is 0 Å². The van der Waals surface area contributed by atoms with E-state index in [-0.39, 0.29) is 10.8 Å². The Morgan fingerprint density at radius 2 is 2.00 bits per heavy atom.